The van der Waals surface area contributed by atoms with E-state index in [1.165, 1.54) is 32.1 Å². The molecule has 0 spiro atoms. The van der Waals surface area contributed by atoms with E-state index in [1.54, 1.807) is 53.0 Å². The number of hydrogen-bond acceptors (Lipinski definition) is 6. The molecule has 0 aliphatic heterocycles. The number of aliphatic imine (C=N–C) groups is 1. The molecule has 2 aliphatic rings. The molecule has 0 heterocycles. The van der Waals surface area contributed by atoms with Crippen molar-refractivity contribution in [1.29, 1.82) is 21.0 Å². The van der Waals surface area contributed by atoms with Gasteiger partial charge in [-0.05, 0) is 86.3 Å². The normalized spacial score (nSPS) is 15.4. The molecule has 10 heteroatoms. The Labute approximate surface area is 339 Å². The van der Waals surface area contributed by atoms with Crippen molar-refractivity contribution in [3.63, 3.8) is 0 Å². The maximum absolute atomic E-state index is 9.11. The molecular formula is C46H60N10. The summed E-state index contributed by atoms with van der Waals surface area (Å²) in [5.41, 5.74) is 12.8. The van der Waals surface area contributed by atoms with Gasteiger partial charge in [0.1, 0.15) is 0 Å². The lowest BCUT2D eigenvalue weighted by atomic mass is 9.84. The molecule has 0 aromatic heterocycles. The van der Waals surface area contributed by atoms with E-state index >= 15 is 0 Å². The van der Waals surface area contributed by atoms with Gasteiger partial charge in [0.25, 0.3) is 22.8 Å². The van der Waals surface area contributed by atoms with E-state index in [0.29, 0.717) is 17.1 Å². The molecule has 1 aromatic rings. The molecule has 0 amide bonds. The second kappa shape index (κ2) is 32.0. The zero-order valence-electron chi connectivity index (χ0n) is 35.7. The first-order valence-electron chi connectivity index (χ1n) is 18.8. The zero-order chi connectivity index (χ0) is 43.8. The third-order valence-electron chi connectivity index (χ3n) is 8.56. The highest BCUT2D eigenvalue weighted by molar-refractivity contribution is 5.66. The summed E-state index contributed by atoms with van der Waals surface area (Å²) in [6, 6.07) is 11.3. The van der Waals surface area contributed by atoms with Gasteiger partial charge in [0.05, 0.1) is 56.3 Å². The molecule has 1 aromatic carbocycles. The Morgan fingerprint density at radius 2 is 1.14 bits per heavy atom. The Kier molecular flexibility index (Phi) is 30.8. The lowest BCUT2D eigenvalue weighted by Crippen LogP contribution is -2.11. The molecule has 56 heavy (non-hydrogen) atoms. The number of nitrogen functional groups attached to an aromatic ring is 1. The van der Waals surface area contributed by atoms with Crippen LogP contribution in [0.2, 0.25) is 0 Å². The maximum atomic E-state index is 9.11. The van der Waals surface area contributed by atoms with Crippen molar-refractivity contribution in [2.24, 2.45) is 22.7 Å². The van der Waals surface area contributed by atoms with Crippen LogP contribution >= 0.6 is 0 Å². The second-order valence-electron chi connectivity index (χ2n) is 13.8. The number of nitrogens with zero attached hydrogens (tertiary/aromatic N) is 9. The largest absolute Gasteiger partial charge is 0.399 e. The molecule has 0 bridgehead atoms. The predicted molar refractivity (Wildman–Crippen MR) is 230 cm³/mol. The Bertz CT molecular complexity index is 1810. The summed E-state index contributed by atoms with van der Waals surface area (Å²) in [7, 11) is 0. The van der Waals surface area contributed by atoms with E-state index in [9.17, 15) is 0 Å². The summed E-state index contributed by atoms with van der Waals surface area (Å²) >= 11 is 0. The maximum Gasteiger partial charge on any atom is 0.264 e. The van der Waals surface area contributed by atoms with Crippen molar-refractivity contribution in [3.8, 4) is 24.3 Å². The van der Waals surface area contributed by atoms with Crippen molar-refractivity contribution in [3.05, 3.63) is 114 Å². The average molecular weight is 753 g/mol. The van der Waals surface area contributed by atoms with Crippen molar-refractivity contribution in [1.82, 2.24) is 0 Å². The first-order chi connectivity index (χ1) is 26.5. The lowest BCUT2D eigenvalue weighted by molar-refractivity contribution is 0.482. The van der Waals surface area contributed by atoms with Crippen LogP contribution in [0.25, 0.3) is 19.4 Å². The fourth-order valence-electron chi connectivity index (χ4n) is 5.40. The van der Waals surface area contributed by atoms with E-state index in [-0.39, 0.29) is 28.7 Å². The van der Waals surface area contributed by atoms with Gasteiger partial charge in [0, 0.05) is 11.9 Å². The van der Waals surface area contributed by atoms with Gasteiger partial charge in [-0.1, -0.05) is 111 Å². The fraction of sp³-hybridized carbons (Fsp3) is 0.500. The Morgan fingerprint density at radius 3 is 1.41 bits per heavy atom. The zero-order valence-corrected chi connectivity index (χ0v) is 35.7. The smallest absolute Gasteiger partial charge is 0.264 e. The van der Waals surface area contributed by atoms with E-state index < -0.39 is 0 Å². The van der Waals surface area contributed by atoms with Crippen LogP contribution in [0.3, 0.4) is 0 Å². The number of benzene rings is 1. The SMILES string of the molecule is CC1CCCC1.CC=Nc1cc(C)c(N)cc1C.CCC.[C-]#[N+]/C(C#N)=C(\C(C)=C(/C#N)[N+]#[C-])C1CCCC1C.[C-]#[N+]C(C#N)=C(C)C.[C-]#[N+]C(C#N)=C(C)C. The molecule has 2 fully saturated rings. The quantitative estimate of drug-likeness (QED) is 0.107. The summed E-state index contributed by atoms with van der Waals surface area (Å²) in [5.74, 6) is 1.53. The number of nitriles is 4. The molecule has 0 saturated heterocycles. The van der Waals surface area contributed by atoms with Crippen molar-refractivity contribution in [2.75, 3.05) is 5.73 Å². The molecule has 10 nitrogen and oxygen atoms in total. The molecule has 2 saturated carbocycles. The molecule has 2 atom stereocenters. The number of allylic oxidation sites excluding steroid dienone is 8. The van der Waals surface area contributed by atoms with E-state index in [0.717, 1.165) is 58.8 Å². The highest BCUT2D eigenvalue weighted by Gasteiger charge is 2.30. The number of nitrogens with two attached hydrogens (primary N) is 1. The Morgan fingerprint density at radius 1 is 0.714 bits per heavy atom. The van der Waals surface area contributed by atoms with Gasteiger partial charge >= 0.3 is 0 Å². The van der Waals surface area contributed by atoms with Crippen LogP contribution in [0.4, 0.5) is 11.4 Å². The van der Waals surface area contributed by atoms with Gasteiger partial charge in [-0.15, -0.1) is 0 Å². The van der Waals surface area contributed by atoms with Gasteiger partial charge in [-0.3, -0.25) is 4.99 Å². The van der Waals surface area contributed by atoms with Crippen LogP contribution in [-0.4, -0.2) is 6.21 Å². The van der Waals surface area contributed by atoms with Crippen molar-refractivity contribution < 1.29 is 0 Å². The Balaban J connectivity index is -0.000000655. The first-order valence-corrected chi connectivity index (χ1v) is 18.8. The van der Waals surface area contributed by atoms with Gasteiger partial charge in [-0.2, -0.15) is 0 Å². The van der Waals surface area contributed by atoms with Gasteiger partial charge in [0.2, 0.25) is 0 Å². The van der Waals surface area contributed by atoms with Gasteiger partial charge in [0.15, 0.2) is 0 Å². The van der Waals surface area contributed by atoms with Crippen LogP contribution < -0.4 is 5.73 Å². The third kappa shape index (κ3) is 21.3. The van der Waals surface area contributed by atoms with E-state index in [2.05, 4.69) is 52.1 Å². The second-order valence-corrected chi connectivity index (χ2v) is 13.8. The number of aryl methyl sites for hydroxylation is 2. The first kappa shape index (κ1) is 53.9. The number of anilines is 1. The van der Waals surface area contributed by atoms with Crippen LogP contribution in [0, 0.1) is 103 Å². The highest BCUT2D eigenvalue weighted by Crippen LogP contribution is 2.41. The van der Waals surface area contributed by atoms with Crippen LogP contribution in [0.5, 0.6) is 0 Å². The van der Waals surface area contributed by atoms with Crippen LogP contribution in [0.15, 0.2) is 62.2 Å². The van der Waals surface area contributed by atoms with E-state index in [4.69, 9.17) is 53.1 Å². The lowest BCUT2D eigenvalue weighted by Gasteiger charge is -2.21. The van der Waals surface area contributed by atoms with Crippen molar-refractivity contribution in [2.45, 2.75) is 134 Å². The molecule has 2 N–H and O–H groups in total. The average Bonchev–Trinajstić information content (AvgIpc) is 3.82. The predicted octanol–water partition coefficient (Wildman–Crippen LogP) is 13.5. The summed E-state index contributed by atoms with van der Waals surface area (Å²) in [4.78, 5) is 16.7. The summed E-state index contributed by atoms with van der Waals surface area (Å²) < 4.78 is 0. The van der Waals surface area contributed by atoms with Gasteiger partial charge in [-0.25, -0.2) is 40.4 Å². The molecule has 3 rings (SSSR count). The third-order valence-corrected chi connectivity index (χ3v) is 8.56. The monoisotopic (exact) mass is 753 g/mol. The summed E-state index contributed by atoms with van der Waals surface area (Å²) in [5, 5.41) is 34.4. The van der Waals surface area contributed by atoms with E-state index in [1.807, 2.05) is 45.0 Å². The topological polar surface area (TPSA) is 151 Å². The molecule has 2 unspecified atom stereocenters. The standard InChI is InChI=1S/C15H14N4.C10H14N2.2C6H6N2.C6H12.C3H8/c1-10-6-5-7-12(10)15(14(9-17)19-4)11(2)13(8-16)18-3;1-4-12-10-6-7(2)9(11)5-8(10)3;2*1-5(2)6(4-7)8-3;1-6-4-2-3-5-6;1-3-2/h10,12H,5-7H2,1-2H3;4-6H,11H2,1-3H3;2*1-2H3;6H,2-5H2,1H3;3H2,1-2H3/b13-11+,15-14+;;;;;. The van der Waals surface area contributed by atoms with Crippen molar-refractivity contribution >= 4 is 17.6 Å². The molecule has 294 valence electrons. The Hall–Kier alpha value is -6.43. The fourth-order valence-corrected chi connectivity index (χ4v) is 5.40. The summed E-state index contributed by atoms with van der Waals surface area (Å²) in [6.07, 6.45) is 12.0. The van der Waals surface area contributed by atoms with Crippen LogP contribution in [-0.2, 0) is 0 Å². The number of hydrogen-bond donors (Lipinski definition) is 1. The molecular weight excluding hydrogens is 693 g/mol. The molecule has 0 radical (unpaired) electrons. The summed E-state index contributed by atoms with van der Waals surface area (Å²) in [6.45, 7) is 50.3. The minimum absolute atomic E-state index is 0.0210. The molecule has 2 aliphatic carbocycles. The minimum atomic E-state index is -0.0227. The number of rotatable bonds is 3. The minimum Gasteiger partial charge on any atom is -0.399 e. The highest BCUT2D eigenvalue weighted by atomic mass is 14.7. The van der Waals surface area contributed by atoms with Crippen LogP contribution in [0.1, 0.15) is 132 Å². The van der Waals surface area contributed by atoms with Gasteiger partial charge < -0.3 is 5.73 Å².